The zero-order valence-corrected chi connectivity index (χ0v) is 14.9. The van der Waals surface area contributed by atoms with E-state index in [0.29, 0.717) is 17.8 Å². The molecule has 1 saturated carbocycles. The summed E-state index contributed by atoms with van der Waals surface area (Å²) in [5.74, 6) is 0.358. The molecule has 2 aliphatic rings. The van der Waals surface area contributed by atoms with E-state index in [1.807, 2.05) is 12.3 Å². The van der Waals surface area contributed by atoms with Gasteiger partial charge in [0.25, 0.3) is 0 Å². The highest BCUT2D eigenvalue weighted by Crippen LogP contribution is 2.28. The minimum atomic E-state index is -0.599. The summed E-state index contributed by atoms with van der Waals surface area (Å²) in [4.78, 5) is 38.4. The lowest BCUT2D eigenvalue weighted by molar-refractivity contribution is -0.123. The molecular weight excluding hydrogens is 340 g/mol. The first-order valence-electron chi connectivity index (χ1n) is 8.34. The predicted octanol–water partition coefficient (Wildman–Crippen LogP) is 1.55. The van der Waals surface area contributed by atoms with Gasteiger partial charge in [-0.15, -0.1) is 0 Å². The third-order valence-electron chi connectivity index (χ3n) is 4.16. The molecule has 0 unspecified atom stereocenters. The van der Waals surface area contributed by atoms with Crippen LogP contribution >= 0.6 is 11.8 Å². The van der Waals surface area contributed by atoms with Crippen molar-refractivity contribution >= 4 is 41.0 Å². The molecule has 0 radical (unpaired) electrons. The van der Waals surface area contributed by atoms with E-state index < -0.39 is 12.1 Å². The topological polar surface area (TPSA) is 90.5 Å². The Morgan fingerprint density at radius 1 is 1.36 bits per heavy atom. The van der Waals surface area contributed by atoms with E-state index in [9.17, 15) is 14.4 Å². The first kappa shape index (κ1) is 17.6. The van der Waals surface area contributed by atoms with Gasteiger partial charge < -0.3 is 16.0 Å². The number of fused-ring (bicyclic) bond motifs is 1. The Morgan fingerprint density at radius 2 is 2.12 bits per heavy atom. The maximum Gasteiger partial charge on any atom is 0.323 e. The number of urea groups is 1. The summed E-state index contributed by atoms with van der Waals surface area (Å²) in [6.45, 7) is -0.0671. The molecule has 3 rings (SSSR count). The van der Waals surface area contributed by atoms with Crippen molar-refractivity contribution in [2.24, 2.45) is 0 Å². The molecular formula is C17H22N4O3S. The number of carbonyl (C=O) groups excluding carboxylic acids is 3. The molecule has 1 fully saturated rings. The van der Waals surface area contributed by atoms with E-state index in [0.717, 1.165) is 18.6 Å². The number of carbonyl (C=O) groups is 3. The predicted molar refractivity (Wildman–Crippen MR) is 98.9 cm³/mol. The van der Waals surface area contributed by atoms with Crippen LogP contribution in [-0.4, -0.2) is 48.5 Å². The van der Waals surface area contributed by atoms with Gasteiger partial charge in [-0.25, -0.2) is 4.79 Å². The molecule has 1 heterocycles. The molecule has 0 bridgehead atoms. The molecule has 3 N–H and O–H groups in total. The number of nitrogens with one attached hydrogen (secondary N) is 3. The molecule has 7 nitrogen and oxygen atoms in total. The fraction of sp³-hybridized carbons (Fsp3) is 0.471. The van der Waals surface area contributed by atoms with Gasteiger partial charge in [0.05, 0.1) is 11.4 Å². The molecule has 1 aromatic carbocycles. The second kappa shape index (κ2) is 7.77. The van der Waals surface area contributed by atoms with Crippen LogP contribution in [0.25, 0.3) is 0 Å². The summed E-state index contributed by atoms with van der Waals surface area (Å²) < 4.78 is 0. The maximum absolute atomic E-state index is 12.7. The van der Waals surface area contributed by atoms with Crippen molar-refractivity contribution in [1.29, 1.82) is 0 Å². The molecule has 134 valence electrons. The minimum absolute atomic E-state index is 0.0671. The largest absolute Gasteiger partial charge is 0.352 e. The molecule has 1 aliphatic heterocycles. The molecule has 1 atom stereocenters. The molecule has 4 amide bonds. The van der Waals surface area contributed by atoms with Crippen molar-refractivity contribution in [3.05, 3.63) is 24.3 Å². The zero-order chi connectivity index (χ0) is 17.8. The number of benzene rings is 1. The second-order valence-corrected chi connectivity index (χ2v) is 7.20. The summed E-state index contributed by atoms with van der Waals surface area (Å²) >= 11 is 1.62. The Morgan fingerprint density at radius 3 is 2.84 bits per heavy atom. The lowest BCUT2D eigenvalue weighted by atomic mass is 10.2. The quantitative estimate of drug-likeness (QED) is 0.716. The van der Waals surface area contributed by atoms with Gasteiger partial charge in [0.15, 0.2) is 0 Å². The molecule has 8 heteroatoms. The Kier molecular flexibility index (Phi) is 5.47. The van der Waals surface area contributed by atoms with Gasteiger partial charge in [0.1, 0.15) is 12.6 Å². The number of hydrogen-bond donors (Lipinski definition) is 3. The van der Waals surface area contributed by atoms with E-state index in [2.05, 4.69) is 16.0 Å². The molecule has 25 heavy (non-hydrogen) atoms. The number of para-hydroxylation sites is 2. The fourth-order valence-corrected chi connectivity index (χ4v) is 3.15. The smallest absolute Gasteiger partial charge is 0.323 e. The first-order chi connectivity index (χ1) is 12.1. The van der Waals surface area contributed by atoms with Crippen molar-refractivity contribution in [2.45, 2.75) is 31.3 Å². The maximum atomic E-state index is 12.7. The third-order valence-corrected chi connectivity index (χ3v) is 4.81. The number of nitrogens with zero attached hydrogens (tertiary/aromatic N) is 1. The standard InChI is InChI=1S/C17H22N4O3S/c1-25-9-8-13(16(23)18-11-6-7-11)20-17(24)21-10-15(22)19-12-4-2-3-5-14(12)21/h2-5,11,13H,6-10H2,1H3,(H,18,23)(H,19,22)(H,20,24)/t13-/m0/s1. The average molecular weight is 362 g/mol. The van der Waals surface area contributed by atoms with Crippen LogP contribution in [0, 0.1) is 0 Å². The molecule has 0 aromatic heterocycles. The van der Waals surface area contributed by atoms with E-state index in [4.69, 9.17) is 0 Å². The van der Waals surface area contributed by atoms with E-state index in [1.54, 1.807) is 30.0 Å². The van der Waals surface area contributed by atoms with Crippen LogP contribution in [0.5, 0.6) is 0 Å². The average Bonchev–Trinajstić information content (AvgIpc) is 3.41. The molecule has 0 spiro atoms. The molecule has 1 aromatic rings. The minimum Gasteiger partial charge on any atom is -0.352 e. The second-order valence-electron chi connectivity index (χ2n) is 6.22. The highest BCUT2D eigenvalue weighted by Gasteiger charge is 2.31. The number of amides is 4. The van der Waals surface area contributed by atoms with Crippen molar-refractivity contribution < 1.29 is 14.4 Å². The van der Waals surface area contributed by atoms with E-state index in [1.165, 1.54) is 4.90 Å². The van der Waals surface area contributed by atoms with Gasteiger partial charge in [-0.1, -0.05) is 12.1 Å². The van der Waals surface area contributed by atoms with Crippen LogP contribution in [0.2, 0.25) is 0 Å². The van der Waals surface area contributed by atoms with Crippen LogP contribution < -0.4 is 20.9 Å². The molecule has 0 saturated heterocycles. The van der Waals surface area contributed by atoms with Gasteiger partial charge in [0.2, 0.25) is 11.8 Å². The Bertz CT molecular complexity index is 678. The van der Waals surface area contributed by atoms with Crippen LogP contribution in [0.3, 0.4) is 0 Å². The fourth-order valence-electron chi connectivity index (χ4n) is 2.68. The SMILES string of the molecule is CSCC[C@H](NC(=O)N1CC(=O)Nc2ccccc21)C(=O)NC1CC1. The van der Waals surface area contributed by atoms with Gasteiger partial charge in [-0.3, -0.25) is 14.5 Å². The summed E-state index contributed by atoms with van der Waals surface area (Å²) in [5.41, 5.74) is 1.22. The Balaban J connectivity index is 1.71. The normalized spacial score (nSPS) is 17.3. The number of hydrogen-bond acceptors (Lipinski definition) is 4. The molecule has 1 aliphatic carbocycles. The third kappa shape index (κ3) is 4.45. The highest BCUT2D eigenvalue weighted by molar-refractivity contribution is 7.98. The summed E-state index contributed by atoms with van der Waals surface area (Å²) in [5, 5.41) is 8.48. The van der Waals surface area contributed by atoms with Crippen LogP contribution in [0.1, 0.15) is 19.3 Å². The van der Waals surface area contributed by atoms with Crippen molar-refractivity contribution in [3.63, 3.8) is 0 Å². The van der Waals surface area contributed by atoms with Crippen molar-refractivity contribution in [1.82, 2.24) is 10.6 Å². The summed E-state index contributed by atoms with van der Waals surface area (Å²) in [7, 11) is 0. The van der Waals surface area contributed by atoms with E-state index >= 15 is 0 Å². The highest BCUT2D eigenvalue weighted by atomic mass is 32.2. The Hall–Kier alpha value is -2.22. The van der Waals surface area contributed by atoms with Gasteiger partial charge in [0, 0.05) is 6.04 Å². The van der Waals surface area contributed by atoms with Crippen molar-refractivity contribution in [3.8, 4) is 0 Å². The van der Waals surface area contributed by atoms with E-state index in [-0.39, 0.29) is 24.4 Å². The van der Waals surface area contributed by atoms with Crippen LogP contribution in [-0.2, 0) is 9.59 Å². The van der Waals surface area contributed by atoms with Crippen LogP contribution in [0.4, 0.5) is 16.2 Å². The summed E-state index contributed by atoms with van der Waals surface area (Å²) in [6, 6.07) is 6.33. The van der Waals surface area contributed by atoms with Gasteiger partial charge in [-0.2, -0.15) is 11.8 Å². The number of thioether (sulfide) groups is 1. The lowest BCUT2D eigenvalue weighted by Crippen LogP contribution is -2.54. The van der Waals surface area contributed by atoms with Crippen LogP contribution in [0.15, 0.2) is 24.3 Å². The number of anilines is 2. The van der Waals surface area contributed by atoms with Gasteiger partial charge >= 0.3 is 6.03 Å². The number of rotatable bonds is 6. The lowest BCUT2D eigenvalue weighted by Gasteiger charge is -2.30. The Labute approximate surface area is 150 Å². The monoisotopic (exact) mass is 362 g/mol. The zero-order valence-electron chi connectivity index (χ0n) is 14.1. The first-order valence-corrected chi connectivity index (χ1v) is 9.74. The van der Waals surface area contributed by atoms with Gasteiger partial charge in [-0.05, 0) is 43.4 Å². The van der Waals surface area contributed by atoms with Crippen molar-refractivity contribution in [2.75, 3.05) is 28.8 Å². The summed E-state index contributed by atoms with van der Waals surface area (Å²) in [6.07, 6.45) is 4.50.